The maximum atomic E-state index is 13.7. The lowest BCUT2D eigenvalue weighted by molar-refractivity contribution is -0.0428. The van der Waals surface area contributed by atoms with Crippen LogP contribution in [0.15, 0.2) is 42.5 Å². The first-order valence-electron chi connectivity index (χ1n) is 7.76. The number of ether oxygens (including phenoxy) is 1. The first kappa shape index (κ1) is 17.0. The van der Waals surface area contributed by atoms with Gasteiger partial charge in [0.1, 0.15) is 5.82 Å². The molecule has 6 heteroatoms. The molecule has 1 aliphatic heterocycles. The van der Waals surface area contributed by atoms with E-state index in [1.54, 1.807) is 18.2 Å². The average Bonchev–Trinajstić information content (AvgIpc) is 2.58. The summed E-state index contributed by atoms with van der Waals surface area (Å²) < 4.78 is 45.8. The SMILES string of the molecule is OC(CN1CCOC(c2ccc(F)c(F)c2)C1)c1ccccc1F. The number of nitrogens with zero attached hydrogens (tertiary/aromatic N) is 1. The van der Waals surface area contributed by atoms with Gasteiger partial charge < -0.3 is 9.84 Å². The lowest BCUT2D eigenvalue weighted by atomic mass is 10.1. The Morgan fingerprint density at radius 3 is 2.62 bits per heavy atom. The molecule has 0 spiro atoms. The standard InChI is InChI=1S/C18H18F3NO2/c19-14-4-2-1-3-13(14)17(23)10-22-7-8-24-18(11-22)12-5-6-15(20)16(21)9-12/h1-6,9,17-18,23H,7-8,10-11H2. The van der Waals surface area contributed by atoms with Crippen LogP contribution in [0.1, 0.15) is 23.3 Å². The Kier molecular flexibility index (Phi) is 5.18. The predicted molar refractivity (Wildman–Crippen MR) is 82.9 cm³/mol. The Morgan fingerprint density at radius 1 is 1.08 bits per heavy atom. The van der Waals surface area contributed by atoms with Crippen molar-refractivity contribution in [3.05, 3.63) is 71.0 Å². The largest absolute Gasteiger partial charge is 0.387 e. The molecule has 1 heterocycles. The highest BCUT2D eigenvalue weighted by molar-refractivity contribution is 5.22. The number of benzene rings is 2. The fourth-order valence-electron chi connectivity index (χ4n) is 2.87. The number of hydrogen-bond donors (Lipinski definition) is 1. The number of β-amino-alcohol motifs (C(OH)–C–C–N with tert-alkyl or cyclic N) is 1. The third-order valence-electron chi connectivity index (χ3n) is 4.16. The highest BCUT2D eigenvalue weighted by Gasteiger charge is 2.25. The van der Waals surface area contributed by atoms with E-state index >= 15 is 0 Å². The molecule has 2 aromatic carbocycles. The monoisotopic (exact) mass is 337 g/mol. The molecule has 0 radical (unpaired) electrons. The van der Waals surface area contributed by atoms with Crippen molar-refractivity contribution in [1.29, 1.82) is 0 Å². The molecule has 128 valence electrons. The van der Waals surface area contributed by atoms with Gasteiger partial charge in [-0.15, -0.1) is 0 Å². The van der Waals surface area contributed by atoms with Gasteiger partial charge in [0, 0.05) is 25.2 Å². The van der Waals surface area contributed by atoms with Crippen molar-refractivity contribution in [1.82, 2.24) is 4.90 Å². The summed E-state index contributed by atoms with van der Waals surface area (Å²) >= 11 is 0. The average molecular weight is 337 g/mol. The number of halogens is 3. The summed E-state index contributed by atoms with van der Waals surface area (Å²) in [5.41, 5.74) is 0.785. The molecular formula is C18H18F3NO2. The zero-order valence-electron chi connectivity index (χ0n) is 13.0. The molecule has 0 saturated carbocycles. The van der Waals surface area contributed by atoms with E-state index in [0.717, 1.165) is 12.1 Å². The smallest absolute Gasteiger partial charge is 0.159 e. The Morgan fingerprint density at radius 2 is 1.88 bits per heavy atom. The highest BCUT2D eigenvalue weighted by Crippen LogP contribution is 2.25. The van der Waals surface area contributed by atoms with Crippen LogP contribution in [0.3, 0.4) is 0 Å². The van der Waals surface area contributed by atoms with Gasteiger partial charge in [0.25, 0.3) is 0 Å². The topological polar surface area (TPSA) is 32.7 Å². The summed E-state index contributed by atoms with van der Waals surface area (Å²) in [5, 5.41) is 10.3. The second-order valence-corrected chi connectivity index (χ2v) is 5.83. The van der Waals surface area contributed by atoms with Gasteiger partial charge in [-0.05, 0) is 23.8 Å². The van der Waals surface area contributed by atoms with Crippen LogP contribution in [-0.2, 0) is 4.74 Å². The molecule has 2 unspecified atom stereocenters. The zero-order valence-corrected chi connectivity index (χ0v) is 13.0. The third-order valence-corrected chi connectivity index (χ3v) is 4.16. The number of rotatable bonds is 4. The fraction of sp³-hybridized carbons (Fsp3) is 0.333. The summed E-state index contributed by atoms with van der Waals surface area (Å²) in [4.78, 5) is 1.92. The van der Waals surface area contributed by atoms with E-state index in [1.807, 2.05) is 4.90 Å². The van der Waals surface area contributed by atoms with Crippen LogP contribution in [0, 0.1) is 17.5 Å². The van der Waals surface area contributed by atoms with E-state index in [4.69, 9.17) is 4.74 Å². The second-order valence-electron chi connectivity index (χ2n) is 5.83. The number of morpholine rings is 1. The predicted octanol–water partition coefficient (Wildman–Crippen LogP) is 3.21. The second kappa shape index (κ2) is 7.34. The minimum absolute atomic E-state index is 0.241. The quantitative estimate of drug-likeness (QED) is 0.930. The number of aliphatic hydroxyl groups excluding tert-OH is 1. The molecule has 1 N–H and O–H groups in total. The van der Waals surface area contributed by atoms with Gasteiger partial charge in [-0.25, -0.2) is 13.2 Å². The van der Waals surface area contributed by atoms with E-state index in [9.17, 15) is 18.3 Å². The fourth-order valence-corrected chi connectivity index (χ4v) is 2.87. The normalized spacial score (nSPS) is 20.1. The Labute approximate surface area is 138 Å². The number of aliphatic hydroxyl groups is 1. The van der Waals surface area contributed by atoms with Crippen LogP contribution in [0.4, 0.5) is 13.2 Å². The zero-order chi connectivity index (χ0) is 17.1. The van der Waals surface area contributed by atoms with E-state index in [2.05, 4.69) is 0 Å². The third kappa shape index (κ3) is 3.77. The first-order chi connectivity index (χ1) is 11.5. The minimum Gasteiger partial charge on any atom is -0.387 e. The molecule has 1 aliphatic rings. The number of hydrogen-bond acceptors (Lipinski definition) is 3. The minimum atomic E-state index is -0.963. The van der Waals surface area contributed by atoms with Crippen LogP contribution < -0.4 is 0 Å². The molecule has 24 heavy (non-hydrogen) atoms. The van der Waals surface area contributed by atoms with Gasteiger partial charge >= 0.3 is 0 Å². The molecule has 1 fully saturated rings. The van der Waals surface area contributed by atoms with Crippen molar-refractivity contribution in [2.24, 2.45) is 0 Å². The lowest BCUT2D eigenvalue weighted by Gasteiger charge is -2.34. The molecule has 3 rings (SSSR count). The van der Waals surface area contributed by atoms with E-state index in [0.29, 0.717) is 25.3 Å². The van der Waals surface area contributed by atoms with Crippen molar-refractivity contribution < 1.29 is 23.0 Å². The maximum absolute atomic E-state index is 13.7. The molecular weight excluding hydrogens is 319 g/mol. The van der Waals surface area contributed by atoms with Crippen molar-refractivity contribution in [3.8, 4) is 0 Å². The Hall–Kier alpha value is -1.89. The summed E-state index contributed by atoms with van der Waals surface area (Å²) in [6.07, 6.45) is -1.38. The van der Waals surface area contributed by atoms with Gasteiger partial charge in [-0.2, -0.15) is 0 Å². The molecule has 0 aromatic heterocycles. The maximum Gasteiger partial charge on any atom is 0.159 e. The summed E-state index contributed by atoms with van der Waals surface area (Å²) in [7, 11) is 0. The van der Waals surface area contributed by atoms with Gasteiger partial charge in [0.2, 0.25) is 0 Å². The van der Waals surface area contributed by atoms with E-state index in [1.165, 1.54) is 12.1 Å². The van der Waals surface area contributed by atoms with Crippen molar-refractivity contribution in [2.45, 2.75) is 12.2 Å². The molecule has 2 aromatic rings. The lowest BCUT2D eigenvalue weighted by Crippen LogP contribution is -2.40. The Balaban J connectivity index is 1.67. The van der Waals surface area contributed by atoms with Crippen molar-refractivity contribution >= 4 is 0 Å². The highest BCUT2D eigenvalue weighted by atomic mass is 19.2. The molecule has 0 amide bonds. The van der Waals surface area contributed by atoms with Crippen molar-refractivity contribution in [3.63, 3.8) is 0 Å². The van der Waals surface area contributed by atoms with Gasteiger partial charge in [-0.1, -0.05) is 24.3 Å². The summed E-state index contributed by atoms with van der Waals surface area (Å²) in [6, 6.07) is 9.78. The van der Waals surface area contributed by atoms with Gasteiger partial charge in [-0.3, -0.25) is 4.90 Å². The summed E-state index contributed by atoms with van der Waals surface area (Å²) in [5.74, 6) is -2.27. The van der Waals surface area contributed by atoms with Gasteiger partial charge in [0.15, 0.2) is 11.6 Å². The van der Waals surface area contributed by atoms with Gasteiger partial charge in [0.05, 0.1) is 18.8 Å². The van der Waals surface area contributed by atoms with Crippen LogP contribution in [0.5, 0.6) is 0 Å². The van der Waals surface area contributed by atoms with E-state index < -0.39 is 29.7 Å². The van der Waals surface area contributed by atoms with E-state index in [-0.39, 0.29) is 12.1 Å². The molecule has 0 bridgehead atoms. The van der Waals surface area contributed by atoms with Crippen LogP contribution in [0.25, 0.3) is 0 Å². The first-order valence-corrected chi connectivity index (χ1v) is 7.76. The molecule has 3 nitrogen and oxygen atoms in total. The molecule has 1 saturated heterocycles. The Bertz CT molecular complexity index is 710. The van der Waals surface area contributed by atoms with Crippen LogP contribution >= 0.6 is 0 Å². The van der Waals surface area contributed by atoms with Crippen LogP contribution in [-0.4, -0.2) is 36.2 Å². The molecule has 2 atom stereocenters. The van der Waals surface area contributed by atoms with Crippen molar-refractivity contribution in [2.75, 3.05) is 26.2 Å². The molecule has 0 aliphatic carbocycles. The summed E-state index contributed by atoms with van der Waals surface area (Å²) in [6.45, 7) is 1.63. The van der Waals surface area contributed by atoms with Crippen LogP contribution in [0.2, 0.25) is 0 Å².